The summed E-state index contributed by atoms with van der Waals surface area (Å²) in [6.45, 7) is 0.932. The smallest absolute Gasteiger partial charge is 0.424 e. The number of nitrogens with zero attached hydrogens (tertiary/aromatic N) is 2. The average Bonchev–Trinajstić information content (AvgIpc) is 3.55. The molecule has 0 aliphatic carbocycles. The fourth-order valence-electron chi connectivity index (χ4n) is 4.58. The number of aliphatic hydroxyl groups excluding tert-OH is 1. The van der Waals surface area contributed by atoms with Crippen molar-refractivity contribution in [2.75, 3.05) is 18.5 Å². The second-order valence-corrected chi connectivity index (χ2v) is 11.7. The maximum absolute atomic E-state index is 14.6. The first-order chi connectivity index (χ1) is 21.0. The number of carbonyl (C=O) groups excluding carboxylic acids is 3. The molecule has 4 aromatic rings. The molecule has 236 valence electrons. The minimum atomic E-state index is -5.39. The molecule has 2 aromatic heterocycles. The number of nitrogens with one attached hydrogen (secondary N) is 2. The third-order valence-electron chi connectivity index (χ3n) is 7.39. The molecule has 1 unspecified atom stereocenters. The minimum absolute atomic E-state index is 0.0536. The van der Waals surface area contributed by atoms with Crippen LogP contribution in [0.1, 0.15) is 35.5 Å². The number of primary amides is 1. The van der Waals surface area contributed by atoms with E-state index in [1.165, 1.54) is 44.2 Å². The molecular formula is C29H25F4N5O6S. The number of anilines is 1. The van der Waals surface area contributed by atoms with E-state index in [1.807, 2.05) is 0 Å². The van der Waals surface area contributed by atoms with Gasteiger partial charge >= 0.3 is 6.18 Å². The maximum atomic E-state index is 14.6. The maximum Gasteiger partial charge on any atom is 0.424 e. The molecule has 3 heterocycles. The monoisotopic (exact) mass is 647 g/mol. The first kappa shape index (κ1) is 31.7. The number of carbonyl (C=O) groups is 3. The first-order valence-corrected chi connectivity index (χ1v) is 14.1. The summed E-state index contributed by atoms with van der Waals surface area (Å²) in [5.41, 5.74) is -0.562. The number of hydrogen-bond acceptors (Lipinski definition) is 9. The lowest BCUT2D eigenvalue weighted by Gasteiger charge is -2.31. The van der Waals surface area contributed by atoms with Gasteiger partial charge in [-0.1, -0.05) is 11.3 Å². The SMILES string of the molecule is C[C@H](O)C(=O)Nc1nc2ccc(C(=O)NCC(O)(c3cc4c(c(-c5ccc(F)cc5)n3)OC[C@]4(C)C(N)=O)C(F)(F)F)cc2s1. The van der Waals surface area contributed by atoms with Crippen molar-refractivity contribution in [1.29, 1.82) is 0 Å². The van der Waals surface area contributed by atoms with Gasteiger partial charge in [0.1, 0.15) is 35.4 Å². The van der Waals surface area contributed by atoms with Crippen LogP contribution < -0.4 is 21.1 Å². The van der Waals surface area contributed by atoms with Crippen molar-refractivity contribution in [2.24, 2.45) is 5.73 Å². The van der Waals surface area contributed by atoms with E-state index < -0.39 is 59.1 Å². The number of aliphatic hydroxyl groups is 2. The van der Waals surface area contributed by atoms with Crippen LogP contribution in [-0.4, -0.2) is 63.3 Å². The molecule has 5 rings (SSSR count). The van der Waals surface area contributed by atoms with Gasteiger partial charge in [0.25, 0.3) is 11.8 Å². The summed E-state index contributed by atoms with van der Waals surface area (Å²) in [6, 6.07) is 9.51. The zero-order valence-electron chi connectivity index (χ0n) is 23.5. The Kier molecular flexibility index (Phi) is 8.01. The Balaban J connectivity index is 1.50. The molecule has 0 saturated carbocycles. The molecule has 0 spiro atoms. The van der Waals surface area contributed by atoms with Gasteiger partial charge in [0, 0.05) is 16.7 Å². The van der Waals surface area contributed by atoms with Crippen LogP contribution in [0.15, 0.2) is 48.5 Å². The van der Waals surface area contributed by atoms with E-state index in [2.05, 4.69) is 20.6 Å². The molecule has 3 atom stereocenters. The highest BCUT2D eigenvalue weighted by Crippen LogP contribution is 2.47. The molecule has 0 fully saturated rings. The fraction of sp³-hybridized carbons (Fsp3) is 0.276. The summed E-state index contributed by atoms with van der Waals surface area (Å²) < 4.78 is 63.6. The van der Waals surface area contributed by atoms with Gasteiger partial charge in [-0.25, -0.2) is 14.4 Å². The highest BCUT2D eigenvalue weighted by atomic mass is 32.1. The number of amides is 3. The van der Waals surface area contributed by atoms with Gasteiger partial charge in [0.2, 0.25) is 11.5 Å². The third kappa shape index (κ3) is 5.79. The Morgan fingerprint density at radius 2 is 1.82 bits per heavy atom. The van der Waals surface area contributed by atoms with Crippen molar-refractivity contribution in [1.82, 2.24) is 15.3 Å². The van der Waals surface area contributed by atoms with Crippen LogP contribution in [0.2, 0.25) is 0 Å². The van der Waals surface area contributed by atoms with Crippen LogP contribution in [0.3, 0.4) is 0 Å². The van der Waals surface area contributed by atoms with Crippen LogP contribution in [0.25, 0.3) is 21.5 Å². The van der Waals surface area contributed by atoms with Crippen LogP contribution in [0.5, 0.6) is 5.75 Å². The summed E-state index contributed by atoms with van der Waals surface area (Å²) >= 11 is 0.967. The van der Waals surface area contributed by atoms with Crippen LogP contribution in [0, 0.1) is 5.82 Å². The molecular weight excluding hydrogens is 622 g/mol. The van der Waals surface area contributed by atoms with E-state index in [-0.39, 0.29) is 39.9 Å². The van der Waals surface area contributed by atoms with Gasteiger partial charge in [0.15, 0.2) is 5.13 Å². The number of pyridine rings is 1. The molecule has 0 saturated heterocycles. The molecule has 6 N–H and O–H groups in total. The number of hydrogen-bond donors (Lipinski definition) is 5. The minimum Gasteiger partial charge on any atom is -0.489 e. The lowest BCUT2D eigenvalue weighted by molar-refractivity contribution is -0.265. The zero-order valence-corrected chi connectivity index (χ0v) is 24.3. The number of ether oxygens (including phenoxy) is 1. The Bertz CT molecular complexity index is 1830. The highest BCUT2D eigenvalue weighted by molar-refractivity contribution is 7.22. The van der Waals surface area contributed by atoms with Crippen LogP contribution in [-0.2, 0) is 20.6 Å². The van der Waals surface area contributed by atoms with E-state index in [0.717, 1.165) is 29.5 Å². The number of benzene rings is 2. The Hall–Kier alpha value is -4.67. The molecule has 0 radical (unpaired) electrons. The van der Waals surface area contributed by atoms with Gasteiger partial charge in [-0.05, 0) is 62.4 Å². The molecule has 45 heavy (non-hydrogen) atoms. The molecule has 0 bridgehead atoms. The van der Waals surface area contributed by atoms with Gasteiger partial charge in [-0.15, -0.1) is 0 Å². The molecule has 11 nitrogen and oxygen atoms in total. The average molecular weight is 648 g/mol. The Morgan fingerprint density at radius 1 is 1.13 bits per heavy atom. The van der Waals surface area contributed by atoms with E-state index >= 15 is 0 Å². The lowest BCUT2D eigenvalue weighted by Crippen LogP contribution is -2.51. The van der Waals surface area contributed by atoms with Crippen molar-refractivity contribution >= 4 is 44.4 Å². The molecule has 1 aliphatic rings. The van der Waals surface area contributed by atoms with Gasteiger partial charge in [-0.2, -0.15) is 13.2 Å². The van der Waals surface area contributed by atoms with Gasteiger partial charge in [0.05, 0.1) is 22.5 Å². The number of fused-ring (bicyclic) bond motifs is 2. The van der Waals surface area contributed by atoms with Crippen molar-refractivity contribution in [3.8, 4) is 17.0 Å². The molecule has 2 aromatic carbocycles. The summed E-state index contributed by atoms with van der Waals surface area (Å²) in [6.07, 6.45) is -6.68. The van der Waals surface area contributed by atoms with Crippen LogP contribution >= 0.6 is 11.3 Å². The fourth-order valence-corrected chi connectivity index (χ4v) is 5.49. The third-order valence-corrected chi connectivity index (χ3v) is 8.33. The number of thiazole rings is 1. The Labute approximate surface area is 256 Å². The molecule has 1 aliphatic heterocycles. The lowest BCUT2D eigenvalue weighted by atomic mass is 9.81. The largest absolute Gasteiger partial charge is 0.489 e. The van der Waals surface area contributed by atoms with Crippen LogP contribution in [0.4, 0.5) is 22.7 Å². The van der Waals surface area contributed by atoms with E-state index in [1.54, 1.807) is 0 Å². The van der Waals surface area contributed by atoms with Crippen molar-refractivity contribution in [3.05, 3.63) is 71.2 Å². The zero-order chi connectivity index (χ0) is 32.9. The summed E-state index contributed by atoms with van der Waals surface area (Å²) in [5.74, 6) is -3.26. The number of rotatable bonds is 8. The summed E-state index contributed by atoms with van der Waals surface area (Å²) in [4.78, 5) is 45.4. The topological polar surface area (TPSA) is 177 Å². The van der Waals surface area contributed by atoms with Crippen molar-refractivity contribution in [2.45, 2.75) is 37.1 Å². The van der Waals surface area contributed by atoms with E-state index in [0.29, 0.717) is 10.2 Å². The number of nitrogens with two attached hydrogens (primary N) is 1. The Morgan fingerprint density at radius 3 is 2.44 bits per heavy atom. The number of halogens is 4. The standard InChI is InChI=1S/C29H25F4N5O6S/c1-13(39)23(40)38-26-36-18-8-5-15(9-19(18)45-26)24(41)35-11-28(43,29(31,32)33)20-10-17-22(44-12-27(17,2)25(34)42)21(37-20)14-3-6-16(30)7-4-14/h3-10,13,39,43H,11-12H2,1-2H3,(H2,34,42)(H,35,41)(H,36,38,40)/t13-,27-,28?/m0/s1. The molecule has 3 amide bonds. The second-order valence-electron chi connectivity index (χ2n) is 10.6. The quantitative estimate of drug-likeness (QED) is 0.181. The van der Waals surface area contributed by atoms with E-state index in [4.69, 9.17) is 10.5 Å². The number of aromatic nitrogens is 2. The normalized spacial score (nSPS) is 18.0. The molecule has 16 heteroatoms. The second kappa shape index (κ2) is 11.4. The van der Waals surface area contributed by atoms with Gasteiger partial charge < -0.3 is 26.0 Å². The van der Waals surface area contributed by atoms with Crippen molar-refractivity contribution < 1.29 is 46.9 Å². The van der Waals surface area contributed by atoms with Gasteiger partial charge in [-0.3, -0.25) is 19.7 Å². The summed E-state index contributed by atoms with van der Waals surface area (Å²) in [5, 5.41) is 25.2. The first-order valence-electron chi connectivity index (χ1n) is 13.2. The predicted molar refractivity (Wildman–Crippen MR) is 154 cm³/mol. The van der Waals surface area contributed by atoms with E-state index in [9.17, 15) is 42.2 Å². The van der Waals surface area contributed by atoms with Crippen molar-refractivity contribution in [3.63, 3.8) is 0 Å². The number of alkyl halides is 3. The summed E-state index contributed by atoms with van der Waals surface area (Å²) in [7, 11) is 0. The highest BCUT2D eigenvalue weighted by Gasteiger charge is 2.57. The predicted octanol–water partition coefficient (Wildman–Crippen LogP) is 3.13.